The van der Waals surface area contributed by atoms with Gasteiger partial charge >= 0.3 is 0 Å². The van der Waals surface area contributed by atoms with Gasteiger partial charge in [0, 0.05) is 31.7 Å². The van der Waals surface area contributed by atoms with Gasteiger partial charge in [0.2, 0.25) is 5.91 Å². The predicted molar refractivity (Wildman–Crippen MR) is 112 cm³/mol. The topological polar surface area (TPSA) is 76.4 Å². The molecule has 1 aromatic rings. The molecule has 1 saturated carbocycles. The molecule has 0 bridgehead atoms. The summed E-state index contributed by atoms with van der Waals surface area (Å²) in [6.45, 7) is 5.46. The van der Waals surface area contributed by atoms with Gasteiger partial charge in [-0.3, -0.25) is 9.69 Å². The highest BCUT2D eigenvalue weighted by atomic mass is 16.5. The zero-order valence-corrected chi connectivity index (χ0v) is 18.1. The van der Waals surface area contributed by atoms with E-state index in [1.807, 2.05) is 4.68 Å². The summed E-state index contributed by atoms with van der Waals surface area (Å²) >= 11 is 0. The second kappa shape index (κ2) is 9.30. The van der Waals surface area contributed by atoms with Crippen molar-refractivity contribution in [1.82, 2.24) is 30.0 Å². The molecule has 8 nitrogen and oxygen atoms in total. The molecule has 1 amide bonds. The van der Waals surface area contributed by atoms with Crippen LogP contribution >= 0.6 is 0 Å². The fraction of sp³-hybridized carbons (Fsp3) is 0.909. The molecule has 0 spiro atoms. The summed E-state index contributed by atoms with van der Waals surface area (Å²) in [5.41, 5.74) is 0. The van der Waals surface area contributed by atoms with E-state index >= 15 is 0 Å². The minimum atomic E-state index is 0.181. The smallest absolute Gasteiger partial charge is 0.226 e. The largest absolute Gasteiger partial charge is 0.381 e. The Hall–Kier alpha value is -1.54. The quantitative estimate of drug-likeness (QED) is 0.734. The predicted octanol–water partition coefficient (Wildman–Crippen LogP) is 2.42. The van der Waals surface area contributed by atoms with E-state index in [0.29, 0.717) is 23.9 Å². The van der Waals surface area contributed by atoms with Crippen LogP contribution in [0.15, 0.2) is 0 Å². The van der Waals surface area contributed by atoms with Gasteiger partial charge in [0.05, 0.1) is 12.6 Å². The molecule has 30 heavy (non-hydrogen) atoms. The van der Waals surface area contributed by atoms with E-state index < -0.39 is 0 Å². The summed E-state index contributed by atoms with van der Waals surface area (Å²) in [7, 11) is 0. The van der Waals surface area contributed by atoms with Crippen LogP contribution < -0.4 is 0 Å². The molecule has 4 fully saturated rings. The number of carbonyl (C=O) groups is 1. The van der Waals surface area contributed by atoms with Crippen LogP contribution in [0.5, 0.6) is 0 Å². The maximum Gasteiger partial charge on any atom is 0.226 e. The van der Waals surface area contributed by atoms with Crippen LogP contribution in [0.25, 0.3) is 0 Å². The van der Waals surface area contributed by atoms with E-state index in [-0.39, 0.29) is 5.92 Å². The highest BCUT2D eigenvalue weighted by Gasteiger charge is 2.37. The lowest BCUT2D eigenvalue weighted by Gasteiger charge is -2.42. The average Bonchev–Trinajstić information content (AvgIpc) is 3.58. The van der Waals surface area contributed by atoms with Crippen molar-refractivity contribution < 1.29 is 9.53 Å². The first kappa shape index (κ1) is 20.4. The van der Waals surface area contributed by atoms with Gasteiger partial charge in [0.25, 0.3) is 0 Å². The summed E-state index contributed by atoms with van der Waals surface area (Å²) in [5, 5.41) is 12.4. The number of piperidine rings is 1. The van der Waals surface area contributed by atoms with Gasteiger partial charge < -0.3 is 9.64 Å². The summed E-state index contributed by atoms with van der Waals surface area (Å²) in [4.78, 5) is 18.2. The number of hydrogen-bond acceptors (Lipinski definition) is 6. The Morgan fingerprint density at radius 2 is 1.73 bits per heavy atom. The molecule has 1 unspecified atom stereocenters. The van der Waals surface area contributed by atoms with E-state index in [1.165, 1.54) is 44.9 Å². The number of likely N-dealkylation sites (tertiary alicyclic amines) is 2. The molecule has 166 valence electrons. The van der Waals surface area contributed by atoms with Gasteiger partial charge in [-0.1, -0.05) is 12.8 Å². The number of ether oxygens (including phenoxy) is 1. The van der Waals surface area contributed by atoms with Crippen molar-refractivity contribution in [3.05, 3.63) is 5.82 Å². The first-order chi connectivity index (χ1) is 14.8. The van der Waals surface area contributed by atoms with Gasteiger partial charge in [0.15, 0.2) is 5.82 Å². The number of hydrogen-bond donors (Lipinski definition) is 0. The molecule has 5 rings (SSSR count). The lowest BCUT2D eigenvalue weighted by atomic mass is 9.85. The summed E-state index contributed by atoms with van der Waals surface area (Å²) in [5.74, 6) is 2.24. The Bertz CT molecular complexity index is 706. The van der Waals surface area contributed by atoms with Crippen molar-refractivity contribution >= 4 is 5.91 Å². The molecule has 0 radical (unpaired) electrons. The van der Waals surface area contributed by atoms with E-state index in [1.54, 1.807) is 0 Å². The van der Waals surface area contributed by atoms with Gasteiger partial charge in [-0.15, -0.1) is 5.10 Å². The lowest BCUT2D eigenvalue weighted by Crippen LogP contribution is -2.50. The summed E-state index contributed by atoms with van der Waals surface area (Å²) in [6.07, 6.45) is 11.4. The number of tetrazole rings is 1. The molecular weight excluding hydrogens is 380 g/mol. The van der Waals surface area contributed by atoms with Crippen molar-refractivity contribution in [2.24, 2.45) is 11.8 Å². The molecule has 0 N–H and O–H groups in total. The molecule has 4 heterocycles. The standard InChI is InChI=1S/C22H36N6O2/c29-22(18-9-14-30-15-10-18)27-11-3-1-2-4-20(27)17-7-12-26(13-8-17)16-21-23-24-25-28(21)19-5-6-19/h17-20H,1-16H2. The molecular formula is C22H36N6O2. The number of nitrogens with zero attached hydrogens (tertiary/aromatic N) is 6. The first-order valence-electron chi connectivity index (χ1n) is 12.2. The van der Waals surface area contributed by atoms with Crippen molar-refractivity contribution in [2.45, 2.75) is 82.8 Å². The maximum absolute atomic E-state index is 13.4. The van der Waals surface area contributed by atoms with Gasteiger partial charge in [0.1, 0.15) is 0 Å². The van der Waals surface area contributed by atoms with Crippen LogP contribution in [0.3, 0.4) is 0 Å². The molecule has 4 aliphatic rings. The zero-order valence-electron chi connectivity index (χ0n) is 18.1. The van der Waals surface area contributed by atoms with Gasteiger partial charge in [-0.2, -0.15) is 0 Å². The number of amides is 1. The average molecular weight is 417 g/mol. The Balaban J connectivity index is 1.19. The van der Waals surface area contributed by atoms with Gasteiger partial charge in [-0.05, 0) is 80.8 Å². The van der Waals surface area contributed by atoms with Crippen LogP contribution in [0.2, 0.25) is 0 Å². The van der Waals surface area contributed by atoms with Crippen molar-refractivity contribution in [3.8, 4) is 0 Å². The molecule has 1 aromatic heterocycles. The van der Waals surface area contributed by atoms with Crippen molar-refractivity contribution in [2.75, 3.05) is 32.8 Å². The number of aromatic nitrogens is 4. The molecule has 3 aliphatic heterocycles. The third-order valence-electron chi connectivity index (χ3n) is 7.65. The van der Waals surface area contributed by atoms with Crippen LogP contribution in [-0.4, -0.2) is 74.8 Å². The third kappa shape index (κ3) is 4.54. The molecule has 8 heteroatoms. The van der Waals surface area contributed by atoms with E-state index in [0.717, 1.165) is 64.5 Å². The minimum Gasteiger partial charge on any atom is -0.381 e. The Labute approximate surface area is 179 Å². The van der Waals surface area contributed by atoms with Crippen molar-refractivity contribution in [3.63, 3.8) is 0 Å². The second-order valence-electron chi connectivity index (χ2n) is 9.72. The van der Waals surface area contributed by atoms with Crippen LogP contribution in [-0.2, 0) is 16.1 Å². The van der Waals surface area contributed by atoms with E-state index in [4.69, 9.17) is 4.74 Å². The second-order valence-corrected chi connectivity index (χ2v) is 9.72. The number of rotatable bonds is 5. The van der Waals surface area contributed by atoms with Crippen molar-refractivity contribution in [1.29, 1.82) is 0 Å². The highest BCUT2D eigenvalue weighted by molar-refractivity contribution is 5.79. The molecule has 3 saturated heterocycles. The maximum atomic E-state index is 13.4. The Kier molecular flexibility index (Phi) is 6.32. The Morgan fingerprint density at radius 3 is 2.50 bits per heavy atom. The van der Waals surface area contributed by atoms with Crippen LogP contribution in [0, 0.1) is 11.8 Å². The molecule has 0 aromatic carbocycles. The summed E-state index contributed by atoms with van der Waals surface area (Å²) < 4.78 is 7.53. The Morgan fingerprint density at radius 1 is 0.933 bits per heavy atom. The molecule has 1 atom stereocenters. The highest BCUT2D eigenvalue weighted by Crippen LogP contribution is 2.35. The van der Waals surface area contributed by atoms with Crippen LogP contribution in [0.4, 0.5) is 0 Å². The zero-order chi connectivity index (χ0) is 20.3. The number of carbonyl (C=O) groups excluding carboxylic acids is 1. The normalized spacial score (nSPS) is 27.9. The van der Waals surface area contributed by atoms with E-state index in [2.05, 4.69) is 25.3 Å². The monoisotopic (exact) mass is 416 g/mol. The fourth-order valence-corrected chi connectivity index (χ4v) is 5.69. The third-order valence-corrected chi connectivity index (χ3v) is 7.65. The van der Waals surface area contributed by atoms with E-state index in [9.17, 15) is 4.79 Å². The lowest BCUT2D eigenvalue weighted by molar-refractivity contribution is -0.142. The SMILES string of the molecule is O=C(C1CCOCC1)N1CCCCCC1C1CCN(Cc2nnnn2C2CC2)CC1. The molecule has 1 aliphatic carbocycles. The van der Waals surface area contributed by atoms with Crippen LogP contribution in [0.1, 0.15) is 76.1 Å². The fourth-order valence-electron chi connectivity index (χ4n) is 5.69. The van der Waals surface area contributed by atoms with Gasteiger partial charge in [-0.25, -0.2) is 4.68 Å². The summed E-state index contributed by atoms with van der Waals surface area (Å²) in [6, 6.07) is 0.963. The minimum absolute atomic E-state index is 0.181. The first-order valence-corrected chi connectivity index (χ1v) is 12.2.